The molecule has 2 heterocycles. The molecule has 1 aliphatic rings. The standard InChI is InChI=1S/C19H25N5O3/c1-24-9-4-5-12(24)8-10-27-16-7-3-2-6-13(16)15-11-14(17(20)25)18(22-15)23-19(21)26/h2-3,6-7,11-12,22H,4-5,8-10H2,1H3,(H2,20,25)(H3,21,23,26). The van der Waals surface area contributed by atoms with Gasteiger partial charge in [-0.2, -0.15) is 0 Å². The molecule has 8 heteroatoms. The van der Waals surface area contributed by atoms with Crippen molar-refractivity contribution in [3.63, 3.8) is 0 Å². The second-order valence-corrected chi connectivity index (χ2v) is 6.74. The van der Waals surface area contributed by atoms with Crippen LogP contribution in [0.5, 0.6) is 5.75 Å². The largest absolute Gasteiger partial charge is 0.493 e. The smallest absolute Gasteiger partial charge is 0.317 e. The van der Waals surface area contributed by atoms with Crippen LogP contribution in [0.25, 0.3) is 11.3 Å². The number of rotatable bonds is 7. The third kappa shape index (κ3) is 4.40. The number of primary amides is 2. The number of aromatic nitrogens is 1. The lowest BCUT2D eigenvalue weighted by Crippen LogP contribution is -2.26. The molecule has 0 bridgehead atoms. The minimum Gasteiger partial charge on any atom is -0.493 e. The summed E-state index contributed by atoms with van der Waals surface area (Å²) in [5.74, 6) is 0.206. The van der Waals surface area contributed by atoms with Crippen LogP contribution in [0, 0.1) is 0 Å². The summed E-state index contributed by atoms with van der Waals surface area (Å²) in [5.41, 5.74) is 12.1. The van der Waals surface area contributed by atoms with Crippen LogP contribution in [0.15, 0.2) is 30.3 Å². The highest BCUT2D eigenvalue weighted by molar-refractivity contribution is 6.03. The maximum absolute atomic E-state index is 11.7. The number of amides is 3. The van der Waals surface area contributed by atoms with Gasteiger partial charge in [-0.1, -0.05) is 12.1 Å². The summed E-state index contributed by atoms with van der Waals surface area (Å²) >= 11 is 0. The SMILES string of the molecule is CN1CCCC1CCOc1ccccc1-c1cc(C(N)=O)c(NC(N)=O)[nH]1. The van der Waals surface area contributed by atoms with Crippen molar-refractivity contribution < 1.29 is 14.3 Å². The van der Waals surface area contributed by atoms with Crippen LogP contribution in [-0.2, 0) is 0 Å². The summed E-state index contributed by atoms with van der Waals surface area (Å²) in [6, 6.07) is 8.87. The summed E-state index contributed by atoms with van der Waals surface area (Å²) in [4.78, 5) is 28.2. The minimum atomic E-state index is -0.781. The van der Waals surface area contributed by atoms with E-state index in [4.69, 9.17) is 16.2 Å². The van der Waals surface area contributed by atoms with E-state index < -0.39 is 11.9 Å². The molecular formula is C19H25N5O3. The highest BCUT2D eigenvalue weighted by Crippen LogP contribution is 2.32. The minimum absolute atomic E-state index is 0.159. The fourth-order valence-corrected chi connectivity index (χ4v) is 3.48. The van der Waals surface area contributed by atoms with E-state index in [-0.39, 0.29) is 11.4 Å². The van der Waals surface area contributed by atoms with Crippen molar-refractivity contribution in [2.24, 2.45) is 11.5 Å². The molecule has 1 fully saturated rings. The van der Waals surface area contributed by atoms with Gasteiger partial charge in [0.25, 0.3) is 5.91 Å². The zero-order valence-corrected chi connectivity index (χ0v) is 15.3. The molecule has 27 heavy (non-hydrogen) atoms. The summed E-state index contributed by atoms with van der Waals surface area (Å²) < 4.78 is 6.02. The molecule has 6 N–H and O–H groups in total. The van der Waals surface area contributed by atoms with Crippen LogP contribution >= 0.6 is 0 Å². The first-order valence-electron chi connectivity index (χ1n) is 8.97. The van der Waals surface area contributed by atoms with Crippen molar-refractivity contribution >= 4 is 17.8 Å². The first-order chi connectivity index (χ1) is 13.0. The van der Waals surface area contributed by atoms with Crippen LogP contribution < -0.4 is 21.5 Å². The van der Waals surface area contributed by atoms with E-state index in [0.717, 1.165) is 18.5 Å². The molecule has 1 aliphatic heterocycles. The van der Waals surface area contributed by atoms with Gasteiger partial charge in [0, 0.05) is 11.6 Å². The molecule has 0 spiro atoms. The number of H-pyrrole nitrogens is 1. The maximum Gasteiger partial charge on any atom is 0.317 e. The van der Waals surface area contributed by atoms with Crippen LogP contribution in [0.3, 0.4) is 0 Å². The van der Waals surface area contributed by atoms with E-state index in [1.165, 1.54) is 12.8 Å². The number of para-hydroxylation sites is 1. The van der Waals surface area contributed by atoms with E-state index in [1.54, 1.807) is 6.07 Å². The summed E-state index contributed by atoms with van der Waals surface area (Å²) in [5, 5.41) is 2.39. The molecule has 144 valence electrons. The molecule has 0 saturated carbocycles. The molecule has 1 unspecified atom stereocenters. The number of carbonyl (C=O) groups is 2. The lowest BCUT2D eigenvalue weighted by atomic mass is 10.1. The molecule has 1 saturated heterocycles. The van der Waals surface area contributed by atoms with Crippen molar-refractivity contribution in [3.05, 3.63) is 35.9 Å². The second-order valence-electron chi connectivity index (χ2n) is 6.74. The molecule has 1 aromatic heterocycles. The topological polar surface area (TPSA) is 126 Å². The van der Waals surface area contributed by atoms with Gasteiger partial charge in [-0.05, 0) is 51.1 Å². The van der Waals surface area contributed by atoms with Crippen molar-refractivity contribution in [1.82, 2.24) is 9.88 Å². The Kier molecular flexibility index (Phi) is 5.66. The Morgan fingerprint density at radius 3 is 2.78 bits per heavy atom. The van der Waals surface area contributed by atoms with Crippen LogP contribution in [0.2, 0.25) is 0 Å². The molecule has 0 radical (unpaired) electrons. The van der Waals surface area contributed by atoms with Crippen molar-refractivity contribution in [1.29, 1.82) is 0 Å². The number of hydrogen-bond donors (Lipinski definition) is 4. The van der Waals surface area contributed by atoms with Crippen molar-refractivity contribution in [3.8, 4) is 17.0 Å². The van der Waals surface area contributed by atoms with Crippen LogP contribution in [0.4, 0.5) is 10.6 Å². The predicted molar refractivity (Wildman–Crippen MR) is 104 cm³/mol. The Morgan fingerprint density at radius 2 is 2.11 bits per heavy atom. The number of nitrogens with two attached hydrogens (primary N) is 2. The highest BCUT2D eigenvalue weighted by Gasteiger charge is 2.21. The molecule has 3 amide bonds. The Bertz CT molecular complexity index is 833. The van der Waals surface area contributed by atoms with Crippen LogP contribution in [0.1, 0.15) is 29.6 Å². The quantitative estimate of drug-likeness (QED) is 0.594. The molecule has 8 nitrogen and oxygen atoms in total. The van der Waals surface area contributed by atoms with Crippen molar-refractivity contribution in [2.45, 2.75) is 25.3 Å². The number of nitrogens with zero attached hydrogens (tertiary/aromatic N) is 1. The average molecular weight is 371 g/mol. The number of aromatic amines is 1. The van der Waals surface area contributed by atoms with Gasteiger partial charge in [0.15, 0.2) is 0 Å². The molecule has 2 aromatic rings. The first-order valence-corrected chi connectivity index (χ1v) is 8.97. The van der Waals surface area contributed by atoms with E-state index in [0.29, 0.717) is 24.1 Å². The van der Waals surface area contributed by atoms with Gasteiger partial charge in [0.2, 0.25) is 0 Å². The van der Waals surface area contributed by atoms with E-state index in [1.807, 2.05) is 24.3 Å². The number of anilines is 1. The lowest BCUT2D eigenvalue weighted by Gasteiger charge is -2.19. The van der Waals surface area contributed by atoms with Gasteiger partial charge in [0.05, 0.1) is 17.9 Å². The average Bonchev–Trinajstić information content (AvgIpc) is 3.21. The summed E-state index contributed by atoms with van der Waals surface area (Å²) in [6.45, 7) is 1.73. The zero-order chi connectivity index (χ0) is 19.4. The Labute approximate surface area is 157 Å². The van der Waals surface area contributed by atoms with Gasteiger partial charge in [-0.25, -0.2) is 4.79 Å². The van der Waals surface area contributed by atoms with E-state index >= 15 is 0 Å². The van der Waals surface area contributed by atoms with E-state index in [9.17, 15) is 9.59 Å². The number of nitrogens with one attached hydrogen (secondary N) is 2. The summed E-state index contributed by atoms with van der Waals surface area (Å²) in [7, 11) is 2.14. The van der Waals surface area contributed by atoms with Gasteiger partial charge < -0.3 is 26.1 Å². The van der Waals surface area contributed by atoms with Gasteiger partial charge in [0.1, 0.15) is 11.6 Å². The Balaban J connectivity index is 1.78. The molecule has 0 aliphatic carbocycles. The number of carbonyl (C=O) groups excluding carboxylic acids is 2. The van der Waals surface area contributed by atoms with E-state index in [2.05, 4.69) is 22.2 Å². The fraction of sp³-hybridized carbons (Fsp3) is 0.368. The van der Waals surface area contributed by atoms with Gasteiger partial charge in [-0.3, -0.25) is 10.1 Å². The normalized spacial score (nSPS) is 17.0. The Morgan fingerprint density at radius 1 is 1.33 bits per heavy atom. The zero-order valence-electron chi connectivity index (χ0n) is 15.3. The number of likely N-dealkylation sites (tertiary alicyclic amines) is 1. The Hall–Kier alpha value is -3.00. The number of ether oxygens (including phenoxy) is 1. The molecule has 1 aromatic carbocycles. The van der Waals surface area contributed by atoms with Crippen LogP contribution in [-0.4, -0.2) is 48.1 Å². The molecule has 1 atom stereocenters. The predicted octanol–water partition coefficient (Wildman–Crippen LogP) is 2.13. The number of benzene rings is 1. The lowest BCUT2D eigenvalue weighted by molar-refractivity contribution is 0.100. The second kappa shape index (κ2) is 8.13. The highest BCUT2D eigenvalue weighted by atomic mass is 16.5. The maximum atomic E-state index is 11.7. The van der Waals surface area contributed by atoms with Crippen molar-refractivity contribution in [2.75, 3.05) is 25.5 Å². The fourth-order valence-electron chi connectivity index (χ4n) is 3.48. The first kappa shape index (κ1) is 18.8. The number of hydrogen-bond acceptors (Lipinski definition) is 4. The monoisotopic (exact) mass is 371 g/mol. The molecular weight excluding hydrogens is 346 g/mol. The third-order valence-electron chi connectivity index (χ3n) is 4.89. The summed E-state index contributed by atoms with van der Waals surface area (Å²) in [6.07, 6.45) is 3.38. The number of urea groups is 1. The third-order valence-corrected chi connectivity index (χ3v) is 4.89. The van der Waals surface area contributed by atoms with Gasteiger partial charge in [-0.15, -0.1) is 0 Å². The van der Waals surface area contributed by atoms with Gasteiger partial charge >= 0.3 is 6.03 Å². The molecule has 3 rings (SSSR count).